The van der Waals surface area contributed by atoms with E-state index < -0.39 is 35.4 Å². The van der Waals surface area contributed by atoms with Crippen molar-refractivity contribution in [3.63, 3.8) is 0 Å². The first-order valence-electron chi connectivity index (χ1n) is 3.11. The minimum absolute atomic E-state index is 0.974. The summed E-state index contributed by atoms with van der Waals surface area (Å²) in [5.41, 5.74) is 0. The number of carbonyl (C=O) groups is 2. The van der Waals surface area contributed by atoms with Gasteiger partial charge in [-0.2, -0.15) is 0 Å². The van der Waals surface area contributed by atoms with E-state index in [4.69, 9.17) is 15.3 Å². The molecule has 0 aliphatic heterocycles. The van der Waals surface area contributed by atoms with E-state index in [0.29, 0.717) is 0 Å². The summed E-state index contributed by atoms with van der Waals surface area (Å²) in [5.74, 6) is -3.79. The van der Waals surface area contributed by atoms with Crippen LogP contribution in [0.1, 0.15) is 0 Å². The van der Waals surface area contributed by atoms with E-state index in [1.165, 1.54) is 0 Å². The molecule has 0 bridgehead atoms. The summed E-state index contributed by atoms with van der Waals surface area (Å²) < 4.78 is 0. The minimum Gasteiger partial charge on any atom is -0.394 e. The molecule has 0 aliphatic rings. The van der Waals surface area contributed by atoms with Crippen molar-refractivity contribution in [3.05, 3.63) is 10.1 Å². The van der Waals surface area contributed by atoms with Crippen molar-refractivity contribution >= 4 is 11.7 Å². The molecule has 0 aromatic carbocycles. The van der Waals surface area contributed by atoms with Gasteiger partial charge in [-0.3, -0.25) is 14.9 Å². The third-order valence-corrected chi connectivity index (χ3v) is 1.20. The molecule has 0 aromatic heterocycles. The molecule has 0 unspecified atom stereocenters. The van der Waals surface area contributed by atoms with E-state index >= 15 is 0 Å². The van der Waals surface area contributed by atoms with Gasteiger partial charge in [0.25, 0.3) is 0 Å². The molecule has 0 aromatic rings. The quantitative estimate of drug-likeness (QED) is 0.247. The number of hydrogen-bond donors (Lipinski definition) is 3. The van der Waals surface area contributed by atoms with Crippen molar-refractivity contribution in [2.75, 3.05) is 6.61 Å². The zero-order valence-corrected chi connectivity index (χ0v) is 6.28. The van der Waals surface area contributed by atoms with Crippen LogP contribution in [0, 0.1) is 10.1 Å². The number of amides is 1. The topological polar surface area (TPSA) is 138 Å². The molecule has 0 radical (unpaired) electrons. The predicted molar refractivity (Wildman–Crippen MR) is 36.1 cm³/mol. The number of hydrogen-bond acceptors (Lipinski definition) is 7. The zero-order chi connectivity index (χ0) is 10.6. The lowest BCUT2D eigenvalue weighted by molar-refractivity contribution is -0.396. The van der Waals surface area contributed by atoms with Crippen molar-refractivity contribution < 1.29 is 29.8 Å². The number of aliphatic hydroxyl groups is 3. The molecule has 0 aliphatic carbocycles. The lowest BCUT2D eigenvalue weighted by atomic mass is 10.1. The van der Waals surface area contributed by atoms with Crippen LogP contribution in [0.5, 0.6) is 0 Å². The average Bonchev–Trinajstić information content (AvgIpc) is 2.12. The fourth-order valence-electron chi connectivity index (χ4n) is 0.491. The summed E-state index contributed by atoms with van der Waals surface area (Å²) in [6.45, 7) is -0.974. The van der Waals surface area contributed by atoms with Gasteiger partial charge in [0, 0.05) is 0 Å². The fraction of sp³-hybridized carbons (Fsp3) is 0.600. The Morgan fingerprint density at radius 2 is 1.85 bits per heavy atom. The normalized spacial score (nSPS) is 14.7. The number of rotatable bonds is 4. The second kappa shape index (κ2) is 4.60. The molecule has 74 valence electrons. The molecule has 0 saturated heterocycles. The summed E-state index contributed by atoms with van der Waals surface area (Å²) in [5, 5.41) is 35.3. The molecule has 2 atom stereocenters. The van der Waals surface area contributed by atoms with E-state index in [0.717, 1.165) is 0 Å². The van der Waals surface area contributed by atoms with Crippen LogP contribution in [0.25, 0.3) is 0 Å². The third-order valence-electron chi connectivity index (χ3n) is 1.20. The number of ketones is 1. The number of nitrogens with zero attached hydrogens (tertiary/aromatic N) is 1. The number of nitro groups is 1. The Kier molecular flexibility index (Phi) is 4.11. The number of aliphatic hydroxyl groups excluding tert-OH is 3. The lowest BCUT2D eigenvalue weighted by Gasteiger charge is -2.10. The highest BCUT2D eigenvalue weighted by Gasteiger charge is 2.36. The first-order valence-corrected chi connectivity index (χ1v) is 3.11. The van der Waals surface area contributed by atoms with Crippen LogP contribution in [-0.4, -0.2) is 50.7 Å². The van der Waals surface area contributed by atoms with Crippen molar-refractivity contribution in [2.24, 2.45) is 0 Å². The van der Waals surface area contributed by atoms with Crippen LogP contribution < -0.4 is 0 Å². The largest absolute Gasteiger partial charge is 0.514 e. The van der Waals surface area contributed by atoms with Crippen LogP contribution in [-0.2, 0) is 9.59 Å². The second-order valence-corrected chi connectivity index (χ2v) is 2.12. The van der Waals surface area contributed by atoms with Gasteiger partial charge in [-0.05, 0) is 0 Å². The molecule has 0 fully saturated rings. The summed E-state index contributed by atoms with van der Waals surface area (Å²) in [6.07, 6.45) is -4.15. The Bertz CT molecular complexity index is 237. The van der Waals surface area contributed by atoms with Crippen LogP contribution in [0.15, 0.2) is 0 Å². The Morgan fingerprint density at radius 1 is 1.38 bits per heavy atom. The SMILES string of the molecule is O=C(C(=O)[N+](=O)[O-])[C@@H](O)[C@H](O)CO. The first-order chi connectivity index (χ1) is 5.91. The number of Topliss-reactive ketones (excluding diaryl/α,β-unsaturated/α-hetero) is 1. The van der Waals surface area contributed by atoms with Gasteiger partial charge in [-0.1, -0.05) is 0 Å². The molecule has 0 saturated carbocycles. The fourth-order valence-corrected chi connectivity index (χ4v) is 0.491. The van der Waals surface area contributed by atoms with Gasteiger partial charge in [0.15, 0.2) is 6.10 Å². The third kappa shape index (κ3) is 2.86. The maximum Gasteiger partial charge on any atom is 0.514 e. The van der Waals surface area contributed by atoms with E-state index in [1.54, 1.807) is 0 Å². The smallest absolute Gasteiger partial charge is 0.394 e. The molecular formula is C5H7NO7. The van der Waals surface area contributed by atoms with Gasteiger partial charge in [-0.25, -0.2) is 4.79 Å². The van der Waals surface area contributed by atoms with Crippen molar-refractivity contribution in [3.8, 4) is 0 Å². The van der Waals surface area contributed by atoms with Crippen molar-refractivity contribution in [2.45, 2.75) is 12.2 Å². The molecule has 0 heterocycles. The highest BCUT2D eigenvalue weighted by molar-refractivity contribution is 6.34. The lowest BCUT2D eigenvalue weighted by Crippen LogP contribution is -2.42. The van der Waals surface area contributed by atoms with Crippen LogP contribution in [0.3, 0.4) is 0 Å². The first kappa shape index (κ1) is 11.6. The van der Waals surface area contributed by atoms with Crippen molar-refractivity contribution in [1.29, 1.82) is 0 Å². The summed E-state index contributed by atoms with van der Waals surface area (Å²) in [4.78, 5) is 29.1. The second-order valence-electron chi connectivity index (χ2n) is 2.12. The van der Waals surface area contributed by atoms with Gasteiger partial charge >= 0.3 is 11.7 Å². The summed E-state index contributed by atoms with van der Waals surface area (Å²) >= 11 is 0. The maximum absolute atomic E-state index is 10.6. The van der Waals surface area contributed by atoms with Crippen LogP contribution >= 0.6 is 0 Å². The van der Waals surface area contributed by atoms with Gasteiger partial charge in [0.05, 0.1) is 6.61 Å². The Balaban J connectivity index is 4.43. The summed E-state index contributed by atoms with van der Waals surface area (Å²) in [6, 6.07) is 0. The van der Waals surface area contributed by atoms with Gasteiger partial charge < -0.3 is 15.3 Å². The maximum atomic E-state index is 10.6. The van der Waals surface area contributed by atoms with Crippen LogP contribution in [0.2, 0.25) is 0 Å². The van der Waals surface area contributed by atoms with Gasteiger partial charge in [-0.15, -0.1) is 0 Å². The standard InChI is InChI=1S/C5H7NO7/c7-1-2(8)3(9)4(10)5(11)6(12)13/h2-3,7-9H,1H2/t2-,3+/m1/s1. The summed E-state index contributed by atoms with van der Waals surface area (Å²) in [7, 11) is 0. The molecule has 0 rings (SSSR count). The molecule has 8 heteroatoms. The Labute approximate surface area is 71.6 Å². The minimum atomic E-state index is -2.26. The van der Waals surface area contributed by atoms with Gasteiger partial charge in [0.2, 0.25) is 0 Å². The van der Waals surface area contributed by atoms with Crippen LogP contribution in [0.4, 0.5) is 0 Å². The predicted octanol–water partition coefficient (Wildman–Crippen LogP) is -2.93. The van der Waals surface area contributed by atoms with E-state index in [2.05, 4.69) is 0 Å². The highest BCUT2D eigenvalue weighted by atomic mass is 16.6. The van der Waals surface area contributed by atoms with Crippen molar-refractivity contribution in [1.82, 2.24) is 0 Å². The molecule has 1 amide bonds. The monoisotopic (exact) mass is 193 g/mol. The van der Waals surface area contributed by atoms with E-state index in [-0.39, 0.29) is 0 Å². The molecule has 3 N–H and O–H groups in total. The van der Waals surface area contributed by atoms with E-state index in [9.17, 15) is 19.7 Å². The molecule has 8 nitrogen and oxygen atoms in total. The van der Waals surface area contributed by atoms with E-state index in [1.807, 2.05) is 0 Å². The zero-order valence-electron chi connectivity index (χ0n) is 6.28. The average molecular weight is 193 g/mol. The molecular weight excluding hydrogens is 186 g/mol. The molecule has 13 heavy (non-hydrogen) atoms. The molecule has 0 spiro atoms. The van der Waals surface area contributed by atoms with Gasteiger partial charge in [0.1, 0.15) is 11.0 Å². The Hall–Kier alpha value is -1.38. The Morgan fingerprint density at radius 3 is 2.15 bits per heavy atom. The number of carbonyl (C=O) groups excluding carboxylic acids is 2. The highest BCUT2D eigenvalue weighted by Crippen LogP contribution is 1.95.